The van der Waals surface area contributed by atoms with E-state index in [4.69, 9.17) is 14.7 Å². The predicted octanol–water partition coefficient (Wildman–Crippen LogP) is 1.37. The first-order chi connectivity index (χ1) is 18.8. The molecule has 0 bridgehead atoms. The largest absolute Gasteiger partial charge is 0.387 e. The lowest BCUT2D eigenvalue weighted by Crippen LogP contribution is -2.29. The third-order valence-corrected chi connectivity index (χ3v) is 6.84. The lowest BCUT2D eigenvalue weighted by Gasteiger charge is -2.18. The van der Waals surface area contributed by atoms with Gasteiger partial charge < -0.3 is 30.2 Å². The topological polar surface area (TPSA) is 179 Å². The maximum atomic E-state index is 11.0. The van der Waals surface area contributed by atoms with Crippen molar-refractivity contribution in [1.82, 2.24) is 49.3 Å². The van der Waals surface area contributed by atoms with Gasteiger partial charge >= 0.3 is 0 Å². The van der Waals surface area contributed by atoms with Crippen molar-refractivity contribution in [2.24, 2.45) is 7.05 Å². The lowest BCUT2D eigenvalue weighted by atomic mass is 10.1. The Morgan fingerprint density at radius 1 is 1.08 bits per heavy atom. The van der Waals surface area contributed by atoms with Gasteiger partial charge in [-0.1, -0.05) is 13.8 Å². The van der Waals surface area contributed by atoms with Crippen molar-refractivity contribution in [1.29, 1.82) is 0 Å². The second-order valence-electron chi connectivity index (χ2n) is 10.1. The number of nitrogens with zero attached hydrogens (tertiary/aromatic N) is 10. The van der Waals surface area contributed by atoms with Gasteiger partial charge in [0.15, 0.2) is 29.3 Å². The van der Waals surface area contributed by atoms with Crippen molar-refractivity contribution in [3.8, 4) is 0 Å². The molecule has 0 aromatic carbocycles. The Bertz CT molecular complexity index is 1390. The maximum absolute atomic E-state index is 11.0. The van der Waals surface area contributed by atoms with Crippen LogP contribution in [0.1, 0.15) is 70.4 Å². The van der Waals surface area contributed by atoms with E-state index in [0.29, 0.717) is 35.9 Å². The summed E-state index contributed by atoms with van der Waals surface area (Å²) in [6.45, 7) is 8.63. The monoisotopic (exact) mass is 540 g/mol. The van der Waals surface area contributed by atoms with E-state index in [-0.39, 0.29) is 17.9 Å². The maximum Gasteiger partial charge on any atom is 0.226 e. The number of aromatic nitrogens is 10. The summed E-state index contributed by atoms with van der Waals surface area (Å²) in [5.41, 5.74) is 1.95. The van der Waals surface area contributed by atoms with Gasteiger partial charge in [-0.15, -0.1) is 10.2 Å². The standard InChI is InChI=1S/C24H36N12O3/c1-6-14(7-2)28-20-16-22(30-24(29-20)25-9-8-15-10-34(5)11-26-15)35(12-27-16)23-18(38)17(37)19(39-23)21-31-33-36(32-21)13(3)4/h10-14,17-19,23,37-38H,6-9H2,1-5H3,(H2,25,28,29,30)/t17-,18+,19-,23+/m0/s1. The van der Waals surface area contributed by atoms with E-state index in [0.717, 1.165) is 18.5 Å². The summed E-state index contributed by atoms with van der Waals surface area (Å²) in [4.78, 5) is 19.8. The quantitative estimate of drug-likeness (QED) is 0.215. The number of aryl methyl sites for hydroxylation is 1. The second-order valence-corrected chi connectivity index (χ2v) is 10.1. The normalized spacial score (nSPS) is 21.5. The number of anilines is 2. The van der Waals surface area contributed by atoms with Crippen LogP contribution in [-0.4, -0.2) is 84.3 Å². The zero-order valence-electron chi connectivity index (χ0n) is 22.8. The number of aliphatic hydroxyl groups excluding tert-OH is 2. The summed E-state index contributed by atoms with van der Waals surface area (Å²) in [7, 11) is 1.93. The number of ether oxygens (including phenoxy) is 1. The molecule has 4 N–H and O–H groups in total. The summed E-state index contributed by atoms with van der Waals surface area (Å²) in [6, 6.07) is 0.188. The molecule has 1 aliphatic heterocycles. The predicted molar refractivity (Wildman–Crippen MR) is 142 cm³/mol. The Morgan fingerprint density at radius 2 is 1.87 bits per heavy atom. The van der Waals surface area contributed by atoms with Crippen LogP contribution in [0.3, 0.4) is 0 Å². The number of fused-ring (bicyclic) bond motifs is 1. The molecular weight excluding hydrogens is 504 g/mol. The minimum absolute atomic E-state index is 0.00982. The summed E-state index contributed by atoms with van der Waals surface area (Å²) >= 11 is 0. The molecule has 0 amide bonds. The summed E-state index contributed by atoms with van der Waals surface area (Å²) in [5, 5.41) is 40.9. The second kappa shape index (κ2) is 11.2. The number of imidazole rings is 2. The third kappa shape index (κ3) is 5.42. The zero-order chi connectivity index (χ0) is 27.7. The fourth-order valence-corrected chi connectivity index (χ4v) is 4.54. The van der Waals surface area contributed by atoms with Crippen LogP contribution in [0.25, 0.3) is 11.2 Å². The van der Waals surface area contributed by atoms with Crippen molar-refractivity contribution in [3.63, 3.8) is 0 Å². The molecule has 0 radical (unpaired) electrons. The number of nitrogens with one attached hydrogen (secondary N) is 2. The van der Waals surface area contributed by atoms with Gasteiger partial charge in [0.05, 0.1) is 24.4 Å². The Hall–Kier alpha value is -3.69. The van der Waals surface area contributed by atoms with Gasteiger partial charge in [0, 0.05) is 32.3 Å². The highest BCUT2D eigenvalue weighted by atomic mass is 16.6. The minimum Gasteiger partial charge on any atom is -0.387 e. The molecule has 4 aromatic rings. The van der Waals surface area contributed by atoms with Gasteiger partial charge in [0.25, 0.3) is 0 Å². The molecule has 0 spiro atoms. The van der Waals surface area contributed by atoms with Crippen LogP contribution in [0.2, 0.25) is 0 Å². The first-order valence-corrected chi connectivity index (χ1v) is 13.3. The van der Waals surface area contributed by atoms with Gasteiger partial charge in [0.2, 0.25) is 11.8 Å². The highest BCUT2D eigenvalue weighted by Crippen LogP contribution is 2.39. The Morgan fingerprint density at radius 3 is 2.54 bits per heavy atom. The molecule has 15 nitrogen and oxygen atoms in total. The first-order valence-electron chi connectivity index (χ1n) is 13.3. The molecule has 1 aliphatic rings. The molecule has 1 fully saturated rings. The SMILES string of the molecule is CCC(CC)Nc1nc(NCCc2cn(C)cn2)nc2c1ncn2[C@@H]1O[C@H](c2nnn(C(C)C)n2)[C@@H](O)[C@H]1O. The molecule has 0 saturated carbocycles. The molecule has 15 heteroatoms. The molecule has 39 heavy (non-hydrogen) atoms. The van der Waals surface area contributed by atoms with Gasteiger partial charge in [-0.3, -0.25) is 4.57 Å². The van der Waals surface area contributed by atoms with E-state index in [1.807, 2.05) is 31.7 Å². The zero-order valence-corrected chi connectivity index (χ0v) is 22.8. The number of aliphatic hydroxyl groups is 2. The average Bonchev–Trinajstić information content (AvgIpc) is 3.71. The smallest absolute Gasteiger partial charge is 0.226 e. The highest BCUT2D eigenvalue weighted by Gasteiger charge is 2.47. The van der Waals surface area contributed by atoms with E-state index in [9.17, 15) is 10.2 Å². The van der Waals surface area contributed by atoms with Crippen LogP contribution in [0.15, 0.2) is 18.9 Å². The highest BCUT2D eigenvalue weighted by molar-refractivity contribution is 5.84. The lowest BCUT2D eigenvalue weighted by molar-refractivity contribution is -0.0384. The molecule has 210 valence electrons. The van der Waals surface area contributed by atoms with Gasteiger partial charge in [-0.05, 0) is 31.9 Å². The molecular formula is C24H36N12O3. The van der Waals surface area contributed by atoms with E-state index < -0.39 is 24.5 Å². The van der Waals surface area contributed by atoms with Crippen LogP contribution in [0, 0.1) is 0 Å². The van der Waals surface area contributed by atoms with Crippen molar-refractivity contribution < 1.29 is 14.9 Å². The molecule has 4 atom stereocenters. The van der Waals surface area contributed by atoms with Crippen LogP contribution < -0.4 is 10.6 Å². The first kappa shape index (κ1) is 26.9. The third-order valence-electron chi connectivity index (χ3n) is 6.84. The summed E-state index contributed by atoms with van der Waals surface area (Å²) < 4.78 is 9.61. The van der Waals surface area contributed by atoms with Gasteiger partial charge in [0.1, 0.15) is 12.2 Å². The minimum atomic E-state index is -1.27. The van der Waals surface area contributed by atoms with Crippen molar-refractivity contribution in [2.75, 3.05) is 17.2 Å². The van der Waals surface area contributed by atoms with Crippen LogP contribution in [-0.2, 0) is 18.2 Å². The summed E-state index contributed by atoms with van der Waals surface area (Å²) in [5.74, 6) is 1.18. The van der Waals surface area contributed by atoms with Crippen molar-refractivity contribution in [2.45, 2.75) is 83.6 Å². The van der Waals surface area contributed by atoms with Crippen molar-refractivity contribution >= 4 is 22.9 Å². The van der Waals surface area contributed by atoms with Gasteiger partial charge in [-0.2, -0.15) is 14.8 Å². The Kier molecular flexibility index (Phi) is 7.72. The molecule has 0 aliphatic carbocycles. The molecule has 0 unspecified atom stereocenters. The van der Waals surface area contributed by atoms with E-state index in [2.05, 4.69) is 49.9 Å². The number of tetrazole rings is 1. The summed E-state index contributed by atoms with van der Waals surface area (Å²) in [6.07, 6.45) is 3.31. The molecule has 5 heterocycles. The molecule has 4 aromatic heterocycles. The fraction of sp³-hybridized carbons (Fsp3) is 0.625. The average molecular weight is 541 g/mol. The fourth-order valence-electron chi connectivity index (χ4n) is 4.54. The number of hydrogen-bond acceptors (Lipinski definition) is 12. The van der Waals surface area contributed by atoms with Crippen LogP contribution in [0.5, 0.6) is 0 Å². The number of hydrogen-bond donors (Lipinski definition) is 4. The molecule has 5 rings (SSSR count). The van der Waals surface area contributed by atoms with Crippen molar-refractivity contribution in [3.05, 3.63) is 30.4 Å². The van der Waals surface area contributed by atoms with Crippen LogP contribution >= 0.6 is 0 Å². The van der Waals surface area contributed by atoms with E-state index >= 15 is 0 Å². The Labute approximate surface area is 225 Å². The van der Waals surface area contributed by atoms with E-state index in [1.54, 1.807) is 10.9 Å². The van der Waals surface area contributed by atoms with E-state index in [1.165, 1.54) is 11.1 Å². The molecule has 1 saturated heterocycles. The van der Waals surface area contributed by atoms with Gasteiger partial charge in [-0.25, -0.2) is 9.97 Å². The van der Waals surface area contributed by atoms with Crippen LogP contribution in [0.4, 0.5) is 11.8 Å². The number of rotatable bonds is 11. The Balaban J connectivity index is 1.45.